The maximum Gasteiger partial charge on any atom is 0.354 e. The van der Waals surface area contributed by atoms with Gasteiger partial charge in [0, 0.05) is 4.43 Å². The monoisotopic (exact) mass is 407 g/mol. The number of carbonyl (C=O) groups excluding carboxylic acids is 2. The van der Waals surface area contributed by atoms with E-state index in [-0.39, 0.29) is 25.4 Å². The van der Waals surface area contributed by atoms with Crippen LogP contribution in [-0.2, 0) is 28.9 Å². The molecule has 0 aliphatic rings. The molecule has 0 aromatic rings. The highest BCUT2D eigenvalue weighted by atomic mass is 127. The first-order chi connectivity index (χ1) is 8.77. The van der Waals surface area contributed by atoms with Gasteiger partial charge in [0.05, 0.1) is 19.0 Å². The molecular formula is C10H18INO6S. The Balaban J connectivity index is 5.50. The summed E-state index contributed by atoms with van der Waals surface area (Å²) in [5.74, 6) is -2.99. The lowest BCUT2D eigenvalue weighted by molar-refractivity contribution is -0.158. The van der Waals surface area contributed by atoms with Crippen molar-refractivity contribution >= 4 is 44.4 Å². The van der Waals surface area contributed by atoms with E-state index >= 15 is 0 Å². The largest absolute Gasteiger partial charge is 0.463 e. The number of esters is 2. The molecule has 7 nitrogen and oxygen atoms in total. The van der Waals surface area contributed by atoms with Crippen molar-refractivity contribution in [2.45, 2.75) is 25.1 Å². The van der Waals surface area contributed by atoms with Crippen LogP contribution in [0.4, 0.5) is 0 Å². The highest BCUT2D eigenvalue weighted by molar-refractivity contribution is 14.1. The summed E-state index contributed by atoms with van der Waals surface area (Å²) in [6, 6.07) is 0. The summed E-state index contributed by atoms with van der Waals surface area (Å²) in [6.45, 7) is 2.81. The highest BCUT2D eigenvalue weighted by Crippen LogP contribution is 2.18. The van der Waals surface area contributed by atoms with Crippen molar-refractivity contribution in [1.82, 2.24) is 0 Å². The Kier molecular flexibility index (Phi) is 7.82. The summed E-state index contributed by atoms with van der Waals surface area (Å²) < 4.78 is 34.0. The molecule has 0 heterocycles. The van der Waals surface area contributed by atoms with Crippen LogP contribution >= 0.6 is 22.6 Å². The second kappa shape index (κ2) is 8.00. The predicted molar refractivity (Wildman–Crippen MR) is 77.5 cm³/mol. The molecule has 0 spiro atoms. The van der Waals surface area contributed by atoms with Crippen LogP contribution in [0.5, 0.6) is 0 Å². The van der Waals surface area contributed by atoms with E-state index in [0.29, 0.717) is 4.43 Å². The third-order valence-corrected chi connectivity index (χ3v) is 5.10. The summed E-state index contributed by atoms with van der Waals surface area (Å²) in [7, 11) is -4.20. The van der Waals surface area contributed by atoms with E-state index in [1.165, 1.54) is 13.8 Å². The molecule has 0 unspecified atom stereocenters. The van der Waals surface area contributed by atoms with Gasteiger partial charge in [-0.2, -0.15) is 0 Å². The SMILES string of the molecule is CCOC(=O)C(N)(C(=O)OCC)S(=O)(=O)CCCI. The number of hydrogen-bond donors (Lipinski definition) is 1. The van der Waals surface area contributed by atoms with Crippen molar-refractivity contribution < 1.29 is 27.5 Å². The zero-order chi connectivity index (χ0) is 15.1. The summed E-state index contributed by atoms with van der Waals surface area (Å²) in [5, 5.41) is 0. The van der Waals surface area contributed by atoms with Gasteiger partial charge in [0.15, 0.2) is 9.84 Å². The van der Waals surface area contributed by atoms with Gasteiger partial charge >= 0.3 is 16.8 Å². The number of halogens is 1. The number of rotatable bonds is 8. The first-order valence-corrected chi connectivity index (χ1v) is 8.87. The minimum atomic E-state index is -4.20. The molecule has 0 radical (unpaired) electrons. The summed E-state index contributed by atoms with van der Waals surface area (Å²) in [6.07, 6.45) is 0.278. The zero-order valence-corrected chi connectivity index (χ0v) is 13.8. The van der Waals surface area contributed by atoms with Crippen molar-refractivity contribution in [3.63, 3.8) is 0 Å². The molecule has 0 saturated carbocycles. The van der Waals surface area contributed by atoms with Gasteiger partial charge in [0.25, 0.3) is 0 Å². The number of hydrogen-bond acceptors (Lipinski definition) is 7. The van der Waals surface area contributed by atoms with E-state index in [4.69, 9.17) is 5.73 Å². The fourth-order valence-corrected chi connectivity index (χ4v) is 3.59. The average Bonchev–Trinajstić information content (AvgIpc) is 2.35. The molecule has 0 amide bonds. The topological polar surface area (TPSA) is 113 Å². The van der Waals surface area contributed by atoms with Crippen molar-refractivity contribution in [2.75, 3.05) is 23.4 Å². The number of sulfone groups is 1. The lowest BCUT2D eigenvalue weighted by atomic mass is 10.3. The van der Waals surface area contributed by atoms with E-state index in [0.717, 1.165) is 0 Å². The van der Waals surface area contributed by atoms with Crippen molar-refractivity contribution in [3.05, 3.63) is 0 Å². The second-order valence-corrected chi connectivity index (χ2v) is 6.90. The van der Waals surface area contributed by atoms with Gasteiger partial charge in [0.2, 0.25) is 0 Å². The van der Waals surface area contributed by atoms with Crippen LogP contribution in [0.2, 0.25) is 0 Å². The highest BCUT2D eigenvalue weighted by Gasteiger charge is 2.56. The first-order valence-electron chi connectivity index (χ1n) is 5.69. The van der Waals surface area contributed by atoms with Gasteiger partial charge in [-0.3, -0.25) is 5.73 Å². The van der Waals surface area contributed by atoms with Gasteiger partial charge < -0.3 is 9.47 Å². The van der Waals surface area contributed by atoms with Gasteiger partial charge in [-0.05, 0) is 20.3 Å². The predicted octanol–water partition coefficient (Wildman–Crippen LogP) is 0.00750. The van der Waals surface area contributed by atoms with E-state index in [9.17, 15) is 18.0 Å². The van der Waals surface area contributed by atoms with Crippen molar-refractivity contribution in [1.29, 1.82) is 0 Å². The van der Waals surface area contributed by atoms with Crippen LogP contribution in [0, 0.1) is 0 Å². The quantitative estimate of drug-likeness (QED) is 0.261. The number of alkyl halides is 1. The molecule has 0 bridgehead atoms. The molecule has 0 aliphatic heterocycles. The fourth-order valence-electron chi connectivity index (χ4n) is 1.22. The summed E-state index contributed by atoms with van der Waals surface area (Å²) in [5.41, 5.74) is 5.54. The Morgan fingerprint density at radius 2 is 1.58 bits per heavy atom. The van der Waals surface area contributed by atoms with Crippen LogP contribution in [0.1, 0.15) is 20.3 Å². The lowest BCUT2D eigenvalue weighted by Crippen LogP contribution is -2.62. The van der Waals surface area contributed by atoms with Crippen molar-refractivity contribution in [2.24, 2.45) is 5.73 Å². The van der Waals surface area contributed by atoms with E-state index in [1.807, 2.05) is 22.6 Å². The zero-order valence-electron chi connectivity index (χ0n) is 10.8. The minimum Gasteiger partial charge on any atom is -0.463 e. The number of ether oxygens (including phenoxy) is 2. The fraction of sp³-hybridized carbons (Fsp3) is 0.800. The normalized spacial score (nSPS) is 12.0. The van der Waals surface area contributed by atoms with Gasteiger partial charge in [-0.25, -0.2) is 18.0 Å². The van der Waals surface area contributed by atoms with E-state index in [2.05, 4.69) is 9.47 Å². The van der Waals surface area contributed by atoms with Crippen molar-refractivity contribution in [3.8, 4) is 0 Å². The Bertz CT molecular complexity index is 404. The average molecular weight is 407 g/mol. The molecule has 0 aromatic heterocycles. The molecule has 0 saturated heterocycles. The lowest BCUT2D eigenvalue weighted by Gasteiger charge is -2.24. The minimum absolute atomic E-state index is 0.0843. The molecule has 0 fully saturated rings. The molecule has 19 heavy (non-hydrogen) atoms. The Morgan fingerprint density at radius 1 is 1.16 bits per heavy atom. The van der Waals surface area contributed by atoms with Gasteiger partial charge in [0.1, 0.15) is 0 Å². The van der Waals surface area contributed by atoms with E-state index < -0.39 is 26.6 Å². The smallest absolute Gasteiger partial charge is 0.354 e. The second-order valence-electron chi connectivity index (χ2n) is 3.54. The molecule has 0 aromatic carbocycles. The first kappa shape index (κ1) is 18.6. The van der Waals surface area contributed by atoms with Gasteiger partial charge in [-0.15, -0.1) is 0 Å². The van der Waals surface area contributed by atoms with Crippen LogP contribution in [0.25, 0.3) is 0 Å². The van der Waals surface area contributed by atoms with E-state index in [1.54, 1.807) is 0 Å². The summed E-state index contributed by atoms with van der Waals surface area (Å²) in [4.78, 5) is 20.7. The Labute approximate surface area is 126 Å². The molecule has 9 heteroatoms. The number of carbonyl (C=O) groups is 2. The third-order valence-electron chi connectivity index (χ3n) is 2.19. The Hall–Kier alpha value is -0.420. The third kappa shape index (κ3) is 4.28. The molecule has 0 aliphatic carbocycles. The summed E-state index contributed by atoms with van der Waals surface area (Å²) >= 11 is 1.99. The molecule has 0 rings (SSSR count). The van der Waals surface area contributed by atoms with Crippen LogP contribution < -0.4 is 5.73 Å². The molecule has 2 N–H and O–H groups in total. The standard InChI is InChI=1S/C10H18INO6S/c1-3-17-8(13)10(12,9(14)18-4-2)19(15,16)7-5-6-11/h3-7,12H2,1-2H3. The maximum atomic E-state index is 12.1. The number of nitrogens with two attached hydrogens (primary N) is 1. The Morgan fingerprint density at radius 3 is 1.89 bits per heavy atom. The molecule has 112 valence electrons. The van der Waals surface area contributed by atoms with Crippen LogP contribution in [-0.4, -0.2) is 48.6 Å². The van der Waals surface area contributed by atoms with Crippen LogP contribution in [0.15, 0.2) is 0 Å². The van der Waals surface area contributed by atoms with Crippen LogP contribution in [0.3, 0.4) is 0 Å². The molecule has 0 atom stereocenters. The van der Waals surface area contributed by atoms with Gasteiger partial charge in [-0.1, -0.05) is 22.6 Å². The maximum absolute atomic E-state index is 12.1. The molecular weight excluding hydrogens is 389 g/mol.